The van der Waals surface area contributed by atoms with Crippen LogP contribution in [0.15, 0.2) is 77.7 Å². The van der Waals surface area contributed by atoms with Gasteiger partial charge in [-0.1, -0.05) is 55.2 Å². The molecule has 0 bridgehead atoms. The van der Waals surface area contributed by atoms with Crippen molar-refractivity contribution in [3.05, 3.63) is 82.8 Å². The SMILES string of the molecule is CC(C)C(C(=O)O)N(c1cccc(Cl)c1)S(=O)(=O)c1cccc(NC(=O)COc2cccc(Cl)c2)c1. The number of carboxylic acids is 1. The summed E-state index contributed by atoms with van der Waals surface area (Å²) in [6, 6.07) is 16.6. The van der Waals surface area contributed by atoms with E-state index in [-0.39, 0.29) is 27.9 Å². The molecule has 11 heteroatoms. The van der Waals surface area contributed by atoms with E-state index in [2.05, 4.69) is 5.32 Å². The summed E-state index contributed by atoms with van der Waals surface area (Å²) in [7, 11) is -4.38. The summed E-state index contributed by atoms with van der Waals surface area (Å²) in [5.74, 6) is -2.00. The summed E-state index contributed by atoms with van der Waals surface area (Å²) in [4.78, 5) is 24.3. The Morgan fingerprint density at radius 2 is 1.61 bits per heavy atom. The maximum atomic E-state index is 13.7. The highest BCUT2D eigenvalue weighted by molar-refractivity contribution is 7.93. The zero-order valence-corrected chi connectivity index (χ0v) is 21.7. The number of nitrogens with zero attached hydrogens (tertiary/aromatic N) is 1. The maximum absolute atomic E-state index is 13.7. The van der Waals surface area contributed by atoms with Crippen molar-refractivity contribution in [2.45, 2.75) is 24.8 Å². The molecule has 8 nitrogen and oxygen atoms in total. The number of benzene rings is 3. The van der Waals surface area contributed by atoms with E-state index in [1.54, 1.807) is 44.2 Å². The number of rotatable bonds is 10. The number of carbonyl (C=O) groups is 2. The molecule has 3 rings (SSSR count). The van der Waals surface area contributed by atoms with E-state index < -0.39 is 33.9 Å². The van der Waals surface area contributed by atoms with Gasteiger partial charge in [-0.05, 0) is 60.5 Å². The predicted molar refractivity (Wildman–Crippen MR) is 139 cm³/mol. The summed E-state index contributed by atoms with van der Waals surface area (Å²) in [6.45, 7) is 2.89. The van der Waals surface area contributed by atoms with Crippen molar-refractivity contribution in [2.24, 2.45) is 5.92 Å². The van der Waals surface area contributed by atoms with E-state index in [1.165, 1.54) is 42.5 Å². The number of sulfonamides is 1. The molecule has 0 radical (unpaired) electrons. The van der Waals surface area contributed by atoms with Gasteiger partial charge in [-0.2, -0.15) is 0 Å². The minimum Gasteiger partial charge on any atom is -0.484 e. The third kappa shape index (κ3) is 6.69. The van der Waals surface area contributed by atoms with Crippen molar-refractivity contribution in [3.8, 4) is 5.75 Å². The lowest BCUT2D eigenvalue weighted by Gasteiger charge is -2.32. The van der Waals surface area contributed by atoms with E-state index >= 15 is 0 Å². The van der Waals surface area contributed by atoms with Gasteiger partial charge in [-0.15, -0.1) is 0 Å². The summed E-state index contributed by atoms with van der Waals surface area (Å²) in [5.41, 5.74) is 0.297. The topological polar surface area (TPSA) is 113 Å². The van der Waals surface area contributed by atoms with Crippen molar-refractivity contribution >= 4 is 56.5 Å². The molecule has 0 aliphatic heterocycles. The molecule has 2 N–H and O–H groups in total. The van der Waals surface area contributed by atoms with Crippen LogP contribution >= 0.6 is 23.2 Å². The molecular formula is C25H24Cl2N2O6S. The number of hydrogen-bond acceptors (Lipinski definition) is 5. The normalized spacial score (nSPS) is 12.1. The molecule has 0 fully saturated rings. The number of ether oxygens (including phenoxy) is 1. The number of aliphatic carboxylic acids is 1. The fourth-order valence-electron chi connectivity index (χ4n) is 3.47. The second-order valence-corrected chi connectivity index (χ2v) is 10.8. The monoisotopic (exact) mass is 550 g/mol. The third-order valence-electron chi connectivity index (χ3n) is 5.04. The van der Waals surface area contributed by atoms with Gasteiger partial charge in [0, 0.05) is 15.7 Å². The number of carbonyl (C=O) groups excluding carboxylic acids is 1. The fraction of sp³-hybridized carbons (Fsp3) is 0.200. The van der Waals surface area contributed by atoms with Crippen LogP contribution in [-0.2, 0) is 19.6 Å². The van der Waals surface area contributed by atoms with Crippen molar-refractivity contribution in [1.82, 2.24) is 0 Å². The highest BCUT2D eigenvalue weighted by Crippen LogP contribution is 2.31. The van der Waals surface area contributed by atoms with E-state index in [0.29, 0.717) is 10.8 Å². The maximum Gasteiger partial charge on any atom is 0.327 e. The Bertz CT molecular complexity index is 1360. The fourth-order valence-corrected chi connectivity index (χ4v) is 5.61. The lowest BCUT2D eigenvalue weighted by atomic mass is 10.0. The van der Waals surface area contributed by atoms with E-state index in [9.17, 15) is 23.1 Å². The Morgan fingerprint density at radius 1 is 0.972 bits per heavy atom. The van der Waals surface area contributed by atoms with Gasteiger partial charge in [0.25, 0.3) is 15.9 Å². The number of nitrogens with one attached hydrogen (secondary N) is 1. The largest absolute Gasteiger partial charge is 0.484 e. The Labute approximate surface area is 219 Å². The number of hydrogen-bond donors (Lipinski definition) is 2. The Balaban J connectivity index is 1.90. The van der Waals surface area contributed by atoms with Crippen LogP contribution in [0, 0.1) is 5.92 Å². The molecule has 0 aliphatic rings. The molecule has 0 saturated heterocycles. The third-order valence-corrected chi connectivity index (χ3v) is 7.32. The average molecular weight is 551 g/mol. The van der Waals surface area contributed by atoms with E-state index in [4.69, 9.17) is 27.9 Å². The van der Waals surface area contributed by atoms with Crippen molar-refractivity contribution in [2.75, 3.05) is 16.2 Å². The lowest BCUT2D eigenvalue weighted by Crippen LogP contribution is -2.48. The first-order valence-corrected chi connectivity index (χ1v) is 13.0. The molecule has 190 valence electrons. The van der Waals surface area contributed by atoms with E-state index in [0.717, 1.165) is 4.31 Å². The number of halogens is 2. The van der Waals surface area contributed by atoms with Crippen LogP contribution in [0.4, 0.5) is 11.4 Å². The minimum absolute atomic E-state index is 0.105. The molecular weight excluding hydrogens is 527 g/mol. The van der Waals surface area contributed by atoms with Crippen LogP contribution in [0.1, 0.15) is 13.8 Å². The summed E-state index contributed by atoms with van der Waals surface area (Å²) < 4.78 is 33.7. The highest BCUT2D eigenvalue weighted by atomic mass is 35.5. The Morgan fingerprint density at radius 3 is 2.22 bits per heavy atom. The second kappa shape index (κ2) is 11.6. The first-order valence-electron chi connectivity index (χ1n) is 10.8. The quantitative estimate of drug-likeness (QED) is 0.353. The molecule has 0 aromatic heterocycles. The minimum atomic E-state index is -4.38. The number of carboxylic acid groups (broad SMARTS) is 1. The first-order chi connectivity index (χ1) is 17.0. The average Bonchev–Trinajstić information content (AvgIpc) is 2.80. The molecule has 3 aromatic rings. The smallest absolute Gasteiger partial charge is 0.327 e. The Kier molecular flexibility index (Phi) is 8.84. The molecule has 36 heavy (non-hydrogen) atoms. The Hall–Kier alpha value is -3.27. The zero-order valence-electron chi connectivity index (χ0n) is 19.4. The van der Waals surface area contributed by atoms with Gasteiger partial charge in [0.2, 0.25) is 0 Å². The number of amides is 1. The van der Waals surface area contributed by atoms with Crippen molar-refractivity contribution in [3.63, 3.8) is 0 Å². The van der Waals surface area contributed by atoms with Gasteiger partial charge in [-0.25, -0.2) is 13.2 Å². The molecule has 1 amide bonds. The predicted octanol–water partition coefficient (Wildman–Crippen LogP) is 5.32. The van der Waals surface area contributed by atoms with Crippen molar-refractivity contribution < 1.29 is 27.9 Å². The summed E-state index contributed by atoms with van der Waals surface area (Å²) in [5, 5.41) is 13.2. The summed E-state index contributed by atoms with van der Waals surface area (Å²) >= 11 is 12.0. The molecule has 0 aliphatic carbocycles. The first kappa shape index (κ1) is 27.3. The molecule has 1 unspecified atom stereocenters. The van der Waals surface area contributed by atoms with Gasteiger partial charge >= 0.3 is 5.97 Å². The van der Waals surface area contributed by atoms with Crippen LogP contribution in [0.2, 0.25) is 10.0 Å². The van der Waals surface area contributed by atoms with Gasteiger partial charge in [0.15, 0.2) is 6.61 Å². The molecule has 0 heterocycles. The van der Waals surface area contributed by atoms with Gasteiger partial charge in [0.1, 0.15) is 11.8 Å². The highest BCUT2D eigenvalue weighted by Gasteiger charge is 2.38. The molecule has 1 atom stereocenters. The van der Waals surface area contributed by atoms with Gasteiger partial charge in [0.05, 0.1) is 10.6 Å². The summed E-state index contributed by atoms with van der Waals surface area (Å²) in [6.07, 6.45) is 0. The van der Waals surface area contributed by atoms with Crippen LogP contribution in [0.3, 0.4) is 0 Å². The van der Waals surface area contributed by atoms with E-state index in [1.807, 2.05) is 0 Å². The standard InChI is InChI=1S/C25H24Cl2N2O6S/c1-16(2)24(25(31)32)29(20-9-3-6-17(26)12-20)36(33,34)22-11-5-8-19(14-22)28-23(30)15-35-21-10-4-7-18(27)13-21/h3-14,16,24H,15H2,1-2H3,(H,28,30)(H,31,32). The molecule has 0 spiro atoms. The number of anilines is 2. The van der Waals surface area contributed by atoms with Crippen LogP contribution in [0.25, 0.3) is 0 Å². The second-order valence-electron chi connectivity index (χ2n) is 8.13. The van der Waals surface area contributed by atoms with Crippen LogP contribution in [0.5, 0.6) is 5.75 Å². The zero-order chi connectivity index (χ0) is 26.5. The molecule has 3 aromatic carbocycles. The molecule has 0 saturated carbocycles. The lowest BCUT2D eigenvalue weighted by molar-refractivity contribution is -0.139. The van der Waals surface area contributed by atoms with Crippen LogP contribution in [-0.4, -0.2) is 38.0 Å². The van der Waals surface area contributed by atoms with Crippen LogP contribution < -0.4 is 14.4 Å². The van der Waals surface area contributed by atoms with Gasteiger partial charge < -0.3 is 15.2 Å². The van der Waals surface area contributed by atoms with Crippen molar-refractivity contribution in [1.29, 1.82) is 0 Å². The van der Waals surface area contributed by atoms with Gasteiger partial charge in [-0.3, -0.25) is 9.10 Å².